The summed E-state index contributed by atoms with van der Waals surface area (Å²) >= 11 is 0. The van der Waals surface area contributed by atoms with Crippen molar-refractivity contribution >= 4 is 11.9 Å². The van der Waals surface area contributed by atoms with Crippen LogP contribution < -0.4 is 0 Å². The molecule has 170 valence electrons. The number of benzene rings is 1. The zero-order chi connectivity index (χ0) is 22.9. The summed E-state index contributed by atoms with van der Waals surface area (Å²) in [6, 6.07) is 10.8. The van der Waals surface area contributed by atoms with Gasteiger partial charge in [0, 0.05) is 5.56 Å². The molecule has 0 radical (unpaired) electrons. The van der Waals surface area contributed by atoms with E-state index in [4.69, 9.17) is 9.15 Å². The van der Waals surface area contributed by atoms with Crippen molar-refractivity contribution in [2.45, 2.75) is 65.4 Å². The highest BCUT2D eigenvalue weighted by molar-refractivity contribution is 5.89. The number of aliphatic carboxylic acids is 1. The van der Waals surface area contributed by atoms with Crippen LogP contribution in [-0.2, 0) is 9.53 Å². The molecule has 0 aliphatic heterocycles. The molecule has 0 saturated carbocycles. The fraction of sp³-hybridized carbons (Fsp3) is 0.481. The summed E-state index contributed by atoms with van der Waals surface area (Å²) in [6.07, 6.45) is 7.57. The second kappa shape index (κ2) is 8.61. The van der Waals surface area contributed by atoms with Crippen molar-refractivity contribution in [3.05, 3.63) is 71.2 Å². The summed E-state index contributed by atoms with van der Waals surface area (Å²) in [5.74, 6) is -0.747. The van der Waals surface area contributed by atoms with Gasteiger partial charge < -0.3 is 14.3 Å². The standard InChI is InChI=1S/C27H32O5/c1-18-11-12-22-21(10-7-14-26(22,2)25(29)30)27(18,3)16-23(20-13-15-31-17-20)32-24(28)19-8-5-4-6-9-19/h4-6,8-9,13,15,17-18,23H,7,10-12,14,16H2,1-3H3,(H,29,30)/t18-,23+,26-,27+/m1/s1. The molecule has 0 fully saturated rings. The van der Waals surface area contributed by atoms with Crippen LogP contribution in [0.1, 0.15) is 81.3 Å². The lowest BCUT2D eigenvalue weighted by molar-refractivity contribution is -0.146. The van der Waals surface area contributed by atoms with Crippen LogP contribution in [-0.4, -0.2) is 17.0 Å². The van der Waals surface area contributed by atoms with Gasteiger partial charge in [0.2, 0.25) is 0 Å². The number of rotatable bonds is 6. The molecule has 1 aromatic heterocycles. The topological polar surface area (TPSA) is 76.7 Å². The summed E-state index contributed by atoms with van der Waals surface area (Å²) in [6.45, 7) is 6.34. The minimum atomic E-state index is -0.805. The van der Waals surface area contributed by atoms with E-state index in [2.05, 4.69) is 13.8 Å². The van der Waals surface area contributed by atoms with Crippen LogP contribution in [0.3, 0.4) is 0 Å². The average molecular weight is 437 g/mol. The Bertz CT molecular complexity index is 1010. The first kappa shape index (κ1) is 22.4. The van der Waals surface area contributed by atoms with E-state index in [9.17, 15) is 14.7 Å². The van der Waals surface area contributed by atoms with Crippen molar-refractivity contribution in [1.82, 2.24) is 0 Å². The molecule has 2 aliphatic rings. The van der Waals surface area contributed by atoms with Crippen LogP contribution in [0.5, 0.6) is 0 Å². The van der Waals surface area contributed by atoms with E-state index in [0.29, 0.717) is 24.3 Å². The molecule has 2 aromatic rings. The van der Waals surface area contributed by atoms with Crippen molar-refractivity contribution in [3.63, 3.8) is 0 Å². The molecule has 2 aliphatic carbocycles. The van der Waals surface area contributed by atoms with Crippen LogP contribution in [0, 0.1) is 16.7 Å². The van der Waals surface area contributed by atoms with Crippen LogP contribution in [0.15, 0.2) is 64.5 Å². The zero-order valence-electron chi connectivity index (χ0n) is 19.1. The van der Waals surface area contributed by atoms with Gasteiger partial charge in [-0.05, 0) is 75.0 Å². The summed E-state index contributed by atoms with van der Waals surface area (Å²) < 4.78 is 11.4. The summed E-state index contributed by atoms with van der Waals surface area (Å²) in [4.78, 5) is 25.1. The molecular weight excluding hydrogens is 404 g/mol. The quantitative estimate of drug-likeness (QED) is 0.409. The molecule has 0 amide bonds. The van der Waals surface area contributed by atoms with Gasteiger partial charge >= 0.3 is 11.9 Å². The van der Waals surface area contributed by atoms with E-state index in [1.807, 2.05) is 31.2 Å². The van der Waals surface area contributed by atoms with Gasteiger partial charge in [-0.1, -0.05) is 43.2 Å². The Hall–Kier alpha value is -2.82. The van der Waals surface area contributed by atoms with Gasteiger partial charge in [-0.2, -0.15) is 0 Å². The number of carbonyl (C=O) groups excluding carboxylic acids is 1. The third-order valence-electron chi connectivity index (χ3n) is 7.99. The molecule has 1 N–H and O–H groups in total. The van der Waals surface area contributed by atoms with Crippen LogP contribution >= 0.6 is 0 Å². The number of carboxylic acid groups (broad SMARTS) is 1. The first-order valence-corrected chi connectivity index (χ1v) is 11.5. The van der Waals surface area contributed by atoms with E-state index in [1.165, 1.54) is 5.57 Å². The highest BCUT2D eigenvalue weighted by Gasteiger charge is 2.50. The largest absolute Gasteiger partial charge is 0.481 e. The predicted molar refractivity (Wildman–Crippen MR) is 121 cm³/mol. The van der Waals surface area contributed by atoms with Crippen LogP contribution in [0.25, 0.3) is 0 Å². The van der Waals surface area contributed by atoms with Gasteiger partial charge in [-0.3, -0.25) is 4.79 Å². The number of hydrogen-bond donors (Lipinski definition) is 1. The highest BCUT2D eigenvalue weighted by atomic mass is 16.5. The Morgan fingerprint density at radius 1 is 1.16 bits per heavy atom. The Kier molecular flexibility index (Phi) is 6.02. The number of allylic oxidation sites excluding steroid dienone is 1. The molecule has 0 spiro atoms. The van der Waals surface area contributed by atoms with Crippen LogP contribution in [0.2, 0.25) is 0 Å². The number of furan rings is 1. The fourth-order valence-electron chi connectivity index (χ4n) is 5.69. The Morgan fingerprint density at radius 2 is 1.91 bits per heavy atom. The maximum Gasteiger partial charge on any atom is 0.338 e. The molecule has 5 heteroatoms. The summed E-state index contributed by atoms with van der Waals surface area (Å²) in [5.41, 5.74) is 2.63. The first-order chi connectivity index (χ1) is 15.3. The third kappa shape index (κ3) is 3.89. The molecule has 32 heavy (non-hydrogen) atoms. The number of esters is 1. The fourth-order valence-corrected chi connectivity index (χ4v) is 5.69. The number of hydrogen-bond acceptors (Lipinski definition) is 4. The Morgan fingerprint density at radius 3 is 2.56 bits per heavy atom. The maximum absolute atomic E-state index is 12.9. The van der Waals surface area contributed by atoms with Crippen LogP contribution in [0.4, 0.5) is 0 Å². The predicted octanol–water partition coefficient (Wildman–Crippen LogP) is 6.58. The molecule has 4 rings (SSSR count). The molecule has 0 bridgehead atoms. The molecule has 0 saturated heterocycles. The second-order valence-corrected chi connectivity index (χ2v) is 9.83. The normalized spacial score (nSPS) is 28.7. The Balaban J connectivity index is 1.70. The molecule has 4 atom stereocenters. The molecule has 0 unspecified atom stereocenters. The minimum absolute atomic E-state index is 0.260. The van der Waals surface area contributed by atoms with Crippen molar-refractivity contribution in [3.8, 4) is 0 Å². The van der Waals surface area contributed by atoms with Gasteiger partial charge in [0.05, 0.1) is 23.5 Å². The first-order valence-electron chi connectivity index (χ1n) is 11.5. The van der Waals surface area contributed by atoms with Crippen molar-refractivity contribution in [1.29, 1.82) is 0 Å². The van der Waals surface area contributed by atoms with E-state index in [1.54, 1.807) is 24.7 Å². The third-order valence-corrected chi connectivity index (χ3v) is 7.99. The van der Waals surface area contributed by atoms with Crippen molar-refractivity contribution in [2.24, 2.45) is 16.7 Å². The van der Waals surface area contributed by atoms with Gasteiger partial charge in [0.15, 0.2) is 0 Å². The van der Waals surface area contributed by atoms with E-state index < -0.39 is 17.5 Å². The van der Waals surface area contributed by atoms with E-state index >= 15 is 0 Å². The van der Waals surface area contributed by atoms with Gasteiger partial charge in [-0.15, -0.1) is 0 Å². The van der Waals surface area contributed by atoms with Gasteiger partial charge in [0.25, 0.3) is 0 Å². The minimum Gasteiger partial charge on any atom is -0.481 e. The zero-order valence-corrected chi connectivity index (χ0v) is 19.1. The SMILES string of the molecule is C[C@@H]1CCC2=C(CCC[C@@]2(C)C(=O)O)[C@@]1(C)C[C@H](OC(=O)c1ccccc1)c1ccoc1. The number of carboxylic acids is 1. The Labute approximate surface area is 189 Å². The van der Waals surface area contributed by atoms with E-state index in [0.717, 1.165) is 36.8 Å². The van der Waals surface area contributed by atoms with Gasteiger partial charge in [-0.25, -0.2) is 4.79 Å². The van der Waals surface area contributed by atoms with E-state index in [-0.39, 0.29) is 11.4 Å². The lowest BCUT2D eigenvalue weighted by Gasteiger charge is -2.50. The molecule has 1 aromatic carbocycles. The molecule has 5 nitrogen and oxygen atoms in total. The highest BCUT2D eigenvalue weighted by Crippen LogP contribution is 2.58. The summed E-state index contributed by atoms with van der Waals surface area (Å²) in [7, 11) is 0. The lowest BCUT2D eigenvalue weighted by atomic mass is 9.55. The van der Waals surface area contributed by atoms with Crippen molar-refractivity contribution in [2.75, 3.05) is 0 Å². The maximum atomic E-state index is 12.9. The second-order valence-electron chi connectivity index (χ2n) is 9.83. The number of carbonyl (C=O) groups is 2. The lowest BCUT2D eigenvalue weighted by Crippen LogP contribution is -2.42. The van der Waals surface area contributed by atoms with Gasteiger partial charge in [0.1, 0.15) is 6.10 Å². The summed E-state index contributed by atoms with van der Waals surface area (Å²) in [5, 5.41) is 10.0. The molecular formula is C27H32O5. The monoisotopic (exact) mass is 436 g/mol. The number of ether oxygens (including phenoxy) is 1. The smallest absolute Gasteiger partial charge is 0.338 e. The average Bonchev–Trinajstić information content (AvgIpc) is 3.32. The molecule has 1 heterocycles. The van der Waals surface area contributed by atoms with Crippen molar-refractivity contribution < 1.29 is 23.8 Å².